The molecule has 0 saturated heterocycles. The topological polar surface area (TPSA) is 17.1 Å². The highest BCUT2D eigenvalue weighted by atomic mass is 32.2. The van der Waals surface area contributed by atoms with E-state index in [1.54, 1.807) is 6.26 Å². The predicted octanol–water partition coefficient (Wildman–Crippen LogP) is 3.34. The van der Waals surface area contributed by atoms with E-state index in [9.17, 15) is 4.21 Å². The SMILES string of the molecule is CS(=O)C=C(C(C)(C)C)C(C)(C)C. The lowest BCUT2D eigenvalue weighted by atomic mass is 9.73. The van der Waals surface area contributed by atoms with Crippen LogP contribution in [0.25, 0.3) is 0 Å². The van der Waals surface area contributed by atoms with Gasteiger partial charge in [0.1, 0.15) is 0 Å². The van der Waals surface area contributed by atoms with Crippen molar-refractivity contribution in [2.75, 3.05) is 6.26 Å². The molecule has 0 rings (SSSR count). The number of allylic oxidation sites excluding steroid dienone is 1. The molecule has 1 atom stereocenters. The third-order valence-corrected chi connectivity index (χ3v) is 2.47. The van der Waals surface area contributed by atoms with Gasteiger partial charge in [0.05, 0.1) is 0 Å². The normalized spacial score (nSPS) is 15.3. The zero-order valence-electron chi connectivity index (χ0n) is 9.89. The molecule has 0 spiro atoms. The van der Waals surface area contributed by atoms with Crippen LogP contribution in [0.15, 0.2) is 11.0 Å². The van der Waals surface area contributed by atoms with Gasteiger partial charge in [0.25, 0.3) is 0 Å². The lowest BCUT2D eigenvalue weighted by Crippen LogP contribution is -2.22. The standard InChI is InChI=1S/C11H22OS/c1-10(2,3)9(8-13(7)12)11(4,5)6/h8H,1-7H3. The van der Waals surface area contributed by atoms with Crippen molar-refractivity contribution in [1.29, 1.82) is 0 Å². The van der Waals surface area contributed by atoms with E-state index in [0.29, 0.717) is 0 Å². The predicted molar refractivity (Wildman–Crippen MR) is 61.1 cm³/mol. The molecule has 2 heteroatoms. The smallest absolute Gasteiger partial charge is 0.0424 e. The molecule has 13 heavy (non-hydrogen) atoms. The second kappa shape index (κ2) is 3.95. The molecule has 0 saturated carbocycles. The van der Waals surface area contributed by atoms with Gasteiger partial charge in [-0.2, -0.15) is 0 Å². The summed E-state index contributed by atoms with van der Waals surface area (Å²) in [7, 11) is -0.851. The van der Waals surface area contributed by atoms with Gasteiger partial charge < -0.3 is 0 Å². The van der Waals surface area contributed by atoms with Gasteiger partial charge in [0, 0.05) is 22.5 Å². The summed E-state index contributed by atoms with van der Waals surface area (Å²) in [5, 5.41) is 1.89. The highest BCUT2D eigenvalue weighted by molar-refractivity contribution is 7.87. The Bertz CT molecular complexity index is 209. The molecular formula is C11H22OS. The van der Waals surface area contributed by atoms with E-state index in [1.165, 1.54) is 5.57 Å². The van der Waals surface area contributed by atoms with E-state index < -0.39 is 10.8 Å². The average molecular weight is 202 g/mol. The molecular weight excluding hydrogens is 180 g/mol. The van der Waals surface area contributed by atoms with Gasteiger partial charge in [-0.15, -0.1) is 0 Å². The van der Waals surface area contributed by atoms with Crippen LogP contribution in [0, 0.1) is 10.8 Å². The average Bonchev–Trinajstić information content (AvgIpc) is 1.77. The second-order valence-electron chi connectivity index (χ2n) is 5.53. The number of rotatable bonds is 1. The first kappa shape index (κ1) is 12.9. The molecule has 0 aromatic heterocycles. The lowest BCUT2D eigenvalue weighted by Gasteiger charge is -2.33. The first-order valence-corrected chi connectivity index (χ1v) is 6.22. The zero-order chi connectivity index (χ0) is 10.9. The second-order valence-corrected chi connectivity index (χ2v) is 6.76. The van der Waals surface area contributed by atoms with Crippen LogP contribution in [0.5, 0.6) is 0 Å². The van der Waals surface area contributed by atoms with Crippen LogP contribution in [0.1, 0.15) is 41.5 Å². The van der Waals surface area contributed by atoms with Gasteiger partial charge in [0.2, 0.25) is 0 Å². The number of hydrogen-bond donors (Lipinski definition) is 0. The van der Waals surface area contributed by atoms with Crippen LogP contribution >= 0.6 is 0 Å². The summed E-state index contributed by atoms with van der Waals surface area (Å²) in [5.41, 5.74) is 1.47. The Morgan fingerprint density at radius 1 is 1.00 bits per heavy atom. The van der Waals surface area contributed by atoms with Crippen molar-refractivity contribution in [2.45, 2.75) is 41.5 Å². The van der Waals surface area contributed by atoms with E-state index in [1.807, 2.05) is 5.41 Å². The Hall–Kier alpha value is -0.110. The molecule has 0 aliphatic rings. The maximum Gasteiger partial charge on any atom is 0.0424 e. The summed E-state index contributed by atoms with van der Waals surface area (Å²) in [6.45, 7) is 13.0. The maximum atomic E-state index is 11.2. The van der Waals surface area contributed by atoms with Gasteiger partial charge in [0.15, 0.2) is 0 Å². The van der Waals surface area contributed by atoms with E-state index in [-0.39, 0.29) is 10.8 Å². The highest BCUT2D eigenvalue weighted by Gasteiger charge is 2.27. The Labute approximate surface area is 85.1 Å². The van der Waals surface area contributed by atoms with Crippen molar-refractivity contribution in [1.82, 2.24) is 0 Å². The molecule has 0 aromatic carbocycles. The fourth-order valence-corrected chi connectivity index (χ4v) is 2.68. The summed E-state index contributed by atoms with van der Waals surface area (Å²) in [6.07, 6.45) is 1.72. The van der Waals surface area contributed by atoms with Crippen molar-refractivity contribution in [3.63, 3.8) is 0 Å². The Morgan fingerprint density at radius 3 is 1.38 bits per heavy atom. The highest BCUT2D eigenvalue weighted by Crippen LogP contribution is 2.39. The van der Waals surface area contributed by atoms with Crippen molar-refractivity contribution in [3.8, 4) is 0 Å². The summed E-state index contributed by atoms with van der Waals surface area (Å²) in [4.78, 5) is 0. The minimum absolute atomic E-state index is 0.101. The monoisotopic (exact) mass is 202 g/mol. The van der Waals surface area contributed by atoms with E-state index >= 15 is 0 Å². The van der Waals surface area contributed by atoms with Crippen LogP contribution in [-0.2, 0) is 10.8 Å². The van der Waals surface area contributed by atoms with Crippen LogP contribution in [0.2, 0.25) is 0 Å². The lowest BCUT2D eigenvalue weighted by molar-refractivity contribution is 0.363. The van der Waals surface area contributed by atoms with E-state index in [2.05, 4.69) is 41.5 Å². The molecule has 0 heterocycles. The van der Waals surface area contributed by atoms with Crippen LogP contribution in [0.3, 0.4) is 0 Å². The quantitative estimate of drug-likeness (QED) is 0.637. The molecule has 78 valence electrons. The Morgan fingerprint density at radius 2 is 1.31 bits per heavy atom. The molecule has 0 N–H and O–H groups in total. The van der Waals surface area contributed by atoms with Crippen molar-refractivity contribution < 1.29 is 4.21 Å². The third-order valence-electron chi connectivity index (χ3n) is 1.90. The van der Waals surface area contributed by atoms with Gasteiger partial charge in [-0.1, -0.05) is 47.1 Å². The van der Waals surface area contributed by atoms with Crippen molar-refractivity contribution in [3.05, 3.63) is 11.0 Å². The van der Waals surface area contributed by atoms with Crippen molar-refractivity contribution in [2.24, 2.45) is 10.8 Å². The largest absolute Gasteiger partial charge is 0.255 e. The van der Waals surface area contributed by atoms with Crippen LogP contribution in [0.4, 0.5) is 0 Å². The summed E-state index contributed by atoms with van der Waals surface area (Å²) < 4.78 is 11.2. The molecule has 0 bridgehead atoms. The first-order chi connectivity index (χ1) is 5.55. The van der Waals surface area contributed by atoms with Crippen LogP contribution in [-0.4, -0.2) is 10.5 Å². The fourth-order valence-electron chi connectivity index (χ4n) is 1.64. The summed E-state index contributed by atoms with van der Waals surface area (Å²) >= 11 is 0. The molecule has 0 radical (unpaired) electrons. The minimum Gasteiger partial charge on any atom is -0.255 e. The van der Waals surface area contributed by atoms with Gasteiger partial charge in [-0.3, -0.25) is 4.21 Å². The third kappa shape index (κ3) is 4.61. The molecule has 0 aliphatic carbocycles. The van der Waals surface area contributed by atoms with E-state index in [4.69, 9.17) is 0 Å². The molecule has 0 amide bonds. The molecule has 0 aliphatic heterocycles. The Kier molecular flexibility index (Phi) is 3.92. The fraction of sp³-hybridized carbons (Fsp3) is 0.818. The van der Waals surface area contributed by atoms with Crippen molar-refractivity contribution >= 4 is 10.8 Å². The summed E-state index contributed by atoms with van der Waals surface area (Å²) in [6, 6.07) is 0. The van der Waals surface area contributed by atoms with Gasteiger partial charge in [-0.25, -0.2) is 0 Å². The van der Waals surface area contributed by atoms with Crippen LogP contribution < -0.4 is 0 Å². The Balaban J connectivity index is 5.13. The molecule has 0 aromatic rings. The minimum atomic E-state index is -0.851. The van der Waals surface area contributed by atoms with Gasteiger partial charge >= 0.3 is 0 Å². The van der Waals surface area contributed by atoms with Gasteiger partial charge in [-0.05, 0) is 10.8 Å². The number of hydrogen-bond acceptors (Lipinski definition) is 1. The molecule has 0 fully saturated rings. The summed E-state index contributed by atoms with van der Waals surface area (Å²) in [5.74, 6) is 0. The molecule has 1 nitrogen and oxygen atoms in total. The van der Waals surface area contributed by atoms with E-state index in [0.717, 1.165) is 0 Å². The molecule has 1 unspecified atom stereocenters. The maximum absolute atomic E-state index is 11.2. The first-order valence-electron chi connectivity index (χ1n) is 4.60. The zero-order valence-corrected chi connectivity index (χ0v) is 10.7.